The highest BCUT2D eigenvalue weighted by Crippen LogP contribution is 2.29. The molecule has 2 atom stereocenters. The lowest BCUT2D eigenvalue weighted by molar-refractivity contribution is -0.143. The normalized spacial score (nSPS) is 12.5. The van der Waals surface area contributed by atoms with Gasteiger partial charge in [0, 0.05) is 39.1 Å². The van der Waals surface area contributed by atoms with Crippen molar-refractivity contribution in [1.29, 1.82) is 0 Å². The number of rotatable bonds is 11. The van der Waals surface area contributed by atoms with Crippen LogP contribution in [0.2, 0.25) is 15.1 Å². The van der Waals surface area contributed by atoms with Crippen molar-refractivity contribution in [3.05, 3.63) is 97.4 Å². The smallest absolute Gasteiger partial charge is 0.261 e. The summed E-state index contributed by atoms with van der Waals surface area (Å²) in [6.07, 6.45) is 1.05. The van der Waals surface area contributed by atoms with Gasteiger partial charge in [-0.2, -0.15) is 0 Å². The number of hydrogen-bond donors (Lipinski definition) is 1. The van der Waals surface area contributed by atoms with Gasteiger partial charge in [0.15, 0.2) is 6.61 Å². The monoisotopic (exact) mass is 624 g/mol. The van der Waals surface area contributed by atoms with Crippen LogP contribution in [0.15, 0.2) is 71.2 Å². The first kappa shape index (κ1) is 29.3. The Balaban J connectivity index is 1.97. The van der Waals surface area contributed by atoms with Gasteiger partial charge >= 0.3 is 0 Å². The molecule has 3 aromatic rings. The molecule has 3 rings (SSSR count). The van der Waals surface area contributed by atoms with E-state index in [9.17, 15) is 9.59 Å². The van der Waals surface area contributed by atoms with Crippen molar-refractivity contribution in [2.24, 2.45) is 0 Å². The predicted octanol–water partition coefficient (Wildman–Crippen LogP) is 7.34. The van der Waals surface area contributed by atoms with Gasteiger partial charge in [0.2, 0.25) is 5.91 Å². The van der Waals surface area contributed by atoms with Crippen LogP contribution in [0.4, 0.5) is 0 Å². The highest BCUT2D eigenvalue weighted by atomic mass is 79.9. The minimum Gasteiger partial charge on any atom is -0.482 e. The van der Waals surface area contributed by atoms with Crippen molar-refractivity contribution in [1.82, 2.24) is 10.2 Å². The summed E-state index contributed by atoms with van der Waals surface area (Å²) in [6.45, 7) is 3.61. The Morgan fingerprint density at radius 3 is 2.27 bits per heavy atom. The van der Waals surface area contributed by atoms with Crippen LogP contribution in [-0.4, -0.2) is 35.4 Å². The Morgan fingerprint density at radius 1 is 0.973 bits per heavy atom. The molecular formula is C28H28BrCl3N2O3. The molecule has 0 radical (unpaired) electrons. The number of amides is 2. The highest BCUT2D eigenvalue weighted by molar-refractivity contribution is 9.10. The molecule has 0 aliphatic rings. The third-order valence-electron chi connectivity index (χ3n) is 5.91. The lowest BCUT2D eigenvalue weighted by Gasteiger charge is -2.32. The van der Waals surface area contributed by atoms with Crippen LogP contribution in [0.25, 0.3) is 0 Å². The second-order valence-electron chi connectivity index (χ2n) is 8.61. The van der Waals surface area contributed by atoms with Crippen molar-refractivity contribution < 1.29 is 14.3 Å². The van der Waals surface area contributed by atoms with Crippen molar-refractivity contribution >= 4 is 62.5 Å². The zero-order valence-corrected chi connectivity index (χ0v) is 24.4. The van der Waals surface area contributed by atoms with Gasteiger partial charge in [0.25, 0.3) is 5.91 Å². The topological polar surface area (TPSA) is 58.6 Å². The third kappa shape index (κ3) is 8.37. The number of carbonyl (C=O) groups is 2. The first-order valence-electron chi connectivity index (χ1n) is 11.8. The van der Waals surface area contributed by atoms with Crippen molar-refractivity contribution in [3.8, 4) is 5.75 Å². The van der Waals surface area contributed by atoms with Crippen LogP contribution in [-0.2, 0) is 22.6 Å². The lowest BCUT2D eigenvalue weighted by Crippen LogP contribution is -2.53. The average Bonchev–Trinajstić information content (AvgIpc) is 2.87. The molecule has 0 aliphatic heterocycles. The van der Waals surface area contributed by atoms with Crippen LogP contribution in [0.3, 0.4) is 0 Å². The molecule has 196 valence electrons. The fraction of sp³-hybridized carbons (Fsp3) is 0.286. The molecule has 0 saturated carbocycles. The number of hydrogen-bond acceptors (Lipinski definition) is 3. The van der Waals surface area contributed by atoms with Crippen molar-refractivity contribution in [3.63, 3.8) is 0 Å². The van der Waals surface area contributed by atoms with E-state index in [0.717, 1.165) is 16.5 Å². The number of ether oxygens (including phenoxy) is 1. The number of carbonyl (C=O) groups excluding carboxylic acids is 2. The minimum atomic E-state index is -0.833. The van der Waals surface area contributed by atoms with Gasteiger partial charge in [-0.15, -0.1) is 0 Å². The average molecular weight is 627 g/mol. The van der Waals surface area contributed by atoms with E-state index in [2.05, 4.69) is 21.2 Å². The first-order chi connectivity index (χ1) is 17.7. The number of benzene rings is 3. The van der Waals surface area contributed by atoms with E-state index in [1.54, 1.807) is 36.4 Å². The van der Waals surface area contributed by atoms with Gasteiger partial charge in [-0.3, -0.25) is 9.59 Å². The Morgan fingerprint density at radius 2 is 1.65 bits per heavy atom. The molecule has 0 saturated heterocycles. The van der Waals surface area contributed by atoms with Crippen LogP contribution in [0.1, 0.15) is 31.4 Å². The van der Waals surface area contributed by atoms with Gasteiger partial charge in [-0.25, -0.2) is 0 Å². The van der Waals surface area contributed by atoms with E-state index in [4.69, 9.17) is 39.5 Å². The molecule has 5 nitrogen and oxygen atoms in total. The molecule has 9 heteroatoms. The third-order valence-corrected chi connectivity index (χ3v) is 7.40. The molecule has 0 aromatic heterocycles. The second kappa shape index (κ2) is 14.1. The van der Waals surface area contributed by atoms with Crippen molar-refractivity contribution in [2.45, 2.75) is 45.3 Å². The minimum absolute atomic E-state index is 0.0280. The van der Waals surface area contributed by atoms with Crippen LogP contribution < -0.4 is 10.1 Å². The molecule has 0 fully saturated rings. The summed E-state index contributed by atoms with van der Waals surface area (Å²) in [5.41, 5.74) is 1.46. The SMILES string of the molecule is CC[C@@H](C)NC(=O)[C@@H](Cc1ccccc1)N(Cc1c(Cl)cccc1Cl)C(=O)COc1ccc(Br)cc1Cl. The molecule has 0 aliphatic carbocycles. The van der Waals surface area contributed by atoms with E-state index >= 15 is 0 Å². The molecule has 0 bridgehead atoms. The molecule has 3 aromatic carbocycles. The highest BCUT2D eigenvalue weighted by Gasteiger charge is 2.32. The zero-order chi connectivity index (χ0) is 26.9. The summed E-state index contributed by atoms with van der Waals surface area (Å²) in [6, 6.07) is 18.9. The molecule has 0 unspecified atom stereocenters. The van der Waals surface area contributed by atoms with Crippen LogP contribution in [0, 0.1) is 0 Å². The van der Waals surface area contributed by atoms with Gasteiger partial charge in [-0.05, 0) is 49.2 Å². The first-order valence-corrected chi connectivity index (χ1v) is 13.8. The maximum Gasteiger partial charge on any atom is 0.261 e. The summed E-state index contributed by atoms with van der Waals surface area (Å²) in [5.74, 6) is -0.316. The van der Waals surface area contributed by atoms with Crippen LogP contribution >= 0.6 is 50.7 Å². The van der Waals surface area contributed by atoms with Crippen molar-refractivity contribution in [2.75, 3.05) is 6.61 Å². The molecule has 2 amide bonds. The molecule has 1 N–H and O–H groups in total. The summed E-state index contributed by atoms with van der Waals surface area (Å²) in [4.78, 5) is 28.7. The quantitative estimate of drug-likeness (QED) is 0.242. The van der Waals surface area contributed by atoms with Gasteiger partial charge in [0.1, 0.15) is 11.8 Å². The Hall–Kier alpha value is -2.25. The molecule has 0 heterocycles. The van der Waals surface area contributed by atoms with E-state index in [0.29, 0.717) is 32.8 Å². The Bertz CT molecular complexity index is 1210. The summed E-state index contributed by atoms with van der Waals surface area (Å²) in [5, 5.41) is 4.19. The Labute approximate surface area is 241 Å². The zero-order valence-electron chi connectivity index (χ0n) is 20.5. The molecule has 0 spiro atoms. The fourth-order valence-electron chi connectivity index (χ4n) is 3.66. The van der Waals surface area contributed by atoms with E-state index in [1.165, 1.54) is 4.90 Å². The van der Waals surface area contributed by atoms with E-state index in [-0.39, 0.29) is 25.1 Å². The van der Waals surface area contributed by atoms with Gasteiger partial charge < -0.3 is 15.0 Å². The second-order valence-corrected chi connectivity index (χ2v) is 10.7. The Kier molecular flexibility index (Phi) is 11.1. The predicted molar refractivity (Wildman–Crippen MR) is 153 cm³/mol. The summed E-state index contributed by atoms with van der Waals surface area (Å²) < 4.78 is 6.56. The van der Waals surface area contributed by atoms with E-state index < -0.39 is 11.9 Å². The summed E-state index contributed by atoms with van der Waals surface area (Å²) >= 11 is 22.6. The maximum absolute atomic E-state index is 13.7. The fourth-order valence-corrected chi connectivity index (χ4v) is 4.91. The largest absolute Gasteiger partial charge is 0.482 e. The van der Waals surface area contributed by atoms with Crippen LogP contribution in [0.5, 0.6) is 5.75 Å². The number of halogens is 4. The number of nitrogens with one attached hydrogen (secondary N) is 1. The van der Waals surface area contributed by atoms with Gasteiger partial charge in [-0.1, -0.05) is 94.1 Å². The lowest BCUT2D eigenvalue weighted by atomic mass is 10.0. The molecular weight excluding hydrogens is 599 g/mol. The molecule has 37 heavy (non-hydrogen) atoms. The summed E-state index contributed by atoms with van der Waals surface area (Å²) in [7, 11) is 0. The maximum atomic E-state index is 13.7. The van der Waals surface area contributed by atoms with Gasteiger partial charge in [0.05, 0.1) is 5.02 Å². The number of nitrogens with zero attached hydrogens (tertiary/aromatic N) is 1. The standard InChI is InChI=1S/C28H28BrCl3N2O3/c1-3-18(2)33-28(36)25(14-19-8-5-4-6-9-19)34(16-21-22(30)10-7-11-23(21)31)27(35)17-37-26-13-12-20(29)15-24(26)32/h4-13,15,18,25H,3,14,16-17H2,1-2H3,(H,33,36)/t18-,25-/m1/s1. The van der Waals surface area contributed by atoms with E-state index in [1.807, 2.05) is 44.2 Å².